The molecule has 0 rings (SSSR count). The third-order valence-electron chi connectivity index (χ3n) is 2.22. The predicted molar refractivity (Wildman–Crippen MR) is 75.5 cm³/mol. The van der Waals surface area contributed by atoms with Gasteiger partial charge >= 0.3 is 17.1 Å². The average molecular weight is 297 g/mol. The average Bonchev–Trinajstić information content (AvgIpc) is 2.05. The highest BCUT2D eigenvalue weighted by atomic mass is 28.5. The van der Waals surface area contributed by atoms with Gasteiger partial charge in [-0.3, -0.25) is 0 Å². The van der Waals surface area contributed by atoms with Crippen LogP contribution >= 0.6 is 0 Å². The minimum Gasteiger partial charge on any atom is -0.415 e. The van der Waals surface area contributed by atoms with Crippen molar-refractivity contribution in [1.82, 2.24) is 0 Å². The highest BCUT2D eigenvalue weighted by molar-refractivity contribution is 6.78. The number of rotatable bonds is 9. The molecule has 0 aromatic heterocycles. The fourth-order valence-electron chi connectivity index (χ4n) is 1.91. The van der Waals surface area contributed by atoms with Crippen LogP contribution < -0.4 is 0 Å². The predicted octanol–water partition coefficient (Wildman–Crippen LogP) is 1.68. The van der Waals surface area contributed by atoms with Gasteiger partial charge in [0.15, 0.2) is 5.79 Å². The summed E-state index contributed by atoms with van der Waals surface area (Å²) in [5.41, 5.74) is 0. The van der Waals surface area contributed by atoms with Gasteiger partial charge in [-0.2, -0.15) is 0 Å². The summed E-state index contributed by atoms with van der Waals surface area (Å²) in [5.74, 6) is -1.25. The van der Waals surface area contributed by atoms with Crippen LogP contribution in [0.1, 0.15) is 33.1 Å². The molecule has 1 atom stereocenters. The Labute approximate surface area is 112 Å². The van der Waals surface area contributed by atoms with Gasteiger partial charge in [0.1, 0.15) is 0 Å². The van der Waals surface area contributed by atoms with Gasteiger partial charge in [-0.05, 0) is 46.0 Å². The van der Waals surface area contributed by atoms with Gasteiger partial charge in [-0.15, -0.1) is 0 Å². The molecule has 0 aliphatic rings. The molecule has 0 spiro atoms. The molecule has 3 N–H and O–H groups in total. The van der Waals surface area contributed by atoms with Crippen molar-refractivity contribution in [3.63, 3.8) is 0 Å². The van der Waals surface area contributed by atoms with E-state index >= 15 is 0 Å². The first kappa shape index (κ1) is 18.2. The lowest BCUT2D eigenvalue weighted by Gasteiger charge is -2.36. The lowest BCUT2D eigenvalue weighted by atomic mass is 10.3. The van der Waals surface area contributed by atoms with Crippen LogP contribution in [0.25, 0.3) is 0 Å². The molecule has 7 heteroatoms. The lowest BCUT2D eigenvalue weighted by molar-refractivity contribution is -0.122. The molecule has 0 aromatic carbocycles. The van der Waals surface area contributed by atoms with Crippen LogP contribution in [0.15, 0.2) is 0 Å². The Morgan fingerprint density at radius 3 is 2.00 bits per heavy atom. The van der Waals surface area contributed by atoms with Crippen LogP contribution in [0, 0.1) is 0 Å². The van der Waals surface area contributed by atoms with Crippen LogP contribution in [-0.2, 0) is 8.54 Å². The van der Waals surface area contributed by atoms with E-state index in [-0.39, 0.29) is 6.61 Å². The second-order valence-electron chi connectivity index (χ2n) is 5.77. The van der Waals surface area contributed by atoms with Crippen molar-refractivity contribution in [3.8, 4) is 0 Å². The van der Waals surface area contributed by atoms with Gasteiger partial charge in [-0.25, -0.2) is 0 Å². The van der Waals surface area contributed by atoms with E-state index in [1.807, 2.05) is 6.55 Å². The summed E-state index contributed by atoms with van der Waals surface area (Å²) in [6.45, 7) is 8.59. The van der Waals surface area contributed by atoms with Gasteiger partial charge in [0.25, 0.3) is 0 Å². The molecule has 0 heterocycles. The molecule has 0 saturated heterocycles. The Kier molecular flexibility index (Phi) is 7.23. The van der Waals surface area contributed by atoms with Crippen molar-refractivity contribution >= 4 is 17.1 Å². The molecule has 0 saturated carbocycles. The Morgan fingerprint density at radius 1 is 1.06 bits per heavy atom. The first-order valence-electron chi connectivity index (χ1n) is 6.43. The van der Waals surface area contributed by atoms with E-state index in [0.29, 0.717) is 6.04 Å². The van der Waals surface area contributed by atoms with Crippen molar-refractivity contribution in [3.05, 3.63) is 0 Å². The normalized spacial score (nSPS) is 16.7. The Hall–Kier alpha value is 0.234. The molecule has 5 nitrogen and oxygen atoms in total. The van der Waals surface area contributed by atoms with Crippen molar-refractivity contribution in [1.29, 1.82) is 0 Å². The topological polar surface area (TPSA) is 79.2 Å². The number of hydrogen-bond donors (Lipinski definition) is 3. The maximum atomic E-state index is 9.90. The smallest absolute Gasteiger partial charge is 0.328 e. The van der Waals surface area contributed by atoms with Crippen LogP contribution in [-0.4, -0.2) is 44.5 Å². The molecule has 0 bridgehead atoms. The number of aliphatic hydroxyl groups excluding tert-OH is 1. The molecular formula is C11H28O5Si2. The SMILES string of the molecule is CC(C)(O)O[Si](C)(CCCCCO)O[Si](C)(C)O. The summed E-state index contributed by atoms with van der Waals surface area (Å²) < 4.78 is 11.4. The van der Waals surface area contributed by atoms with Gasteiger partial charge in [0.2, 0.25) is 0 Å². The fraction of sp³-hybridized carbons (Fsp3) is 1.00. The van der Waals surface area contributed by atoms with E-state index in [1.54, 1.807) is 26.9 Å². The first-order valence-corrected chi connectivity index (χ1v) is 11.8. The maximum Gasteiger partial charge on any atom is 0.328 e. The van der Waals surface area contributed by atoms with Gasteiger partial charge in [0, 0.05) is 6.61 Å². The molecule has 1 unspecified atom stereocenters. The van der Waals surface area contributed by atoms with Crippen molar-refractivity contribution in [2.24, 2.45) is 0 Å². The first-order chi connectivity index (χ1) is 7.97. The zero-order chi connectivity index (χ0) is 14.4. The summed E-state index contributed by atoms with van der Waals surface area (Å²) in [6, 6.07) is 0.702. The van der Waals surface area contributed by atoms with Crippen LogP contribution in [0.3, 0.4) is 0 Å². The summed E-state index contributed by atoms with van der Waals surface area (Å²) >= 11 is 0. The molecule has 110 valence electrons. The molecule has 18 heavy (non-hydrogen) atoms. The lowest BCUT2D eigenvalue weighted by Crippen LogP contribution is -2.52. The quantitative estimate of drug-likeness (QED) is 0.343. The summed E-state index contributed by atoms with van der Waals surface area (Å²) in [7, 11) is -5.27. The fourth-order valence-corrected chi connectivity index (χ4v) is 8.77. The standard InChI is InChI=1S/C11H28O5Si2/c1-11(2,13)15-18(5,16-17(3,4)14)10-8-6-7-9-12/h12-14H,6-10H2,1-5H3. The Bertz CT molecular complexity index is 219. The zero-order valence-corrected chi connectivity index (χ0v) is 14.2. The van der Waals surface area contributed by atoms with Crippen LogP contribution in [0.4, 0.5) is 0 Å². The molecule has 0 radical (unpaired) electrons. The van der Waals surface area contributed by atoms with E-state index in [0.717, 1.165) is 19.3 Å². The minimum absolute atomic E-state index is 0.186. The molecule has 0 amide bonds. The van der Waals surface area contributed by atoms with Crippen LogP contribution in [0.2, 0.25) is 25.7 Å². The summed E-state index contributed by atoms with van der Waals surface area (Å²) in [5, 5.41) is 18.5. The van der Waals surface area contributed by atoms with E-state index in [2.05, 4.69) is 0 Å². The summed E-state index contributed by atoms with van der Waals surface area (Å²) in [4.78, 5) is 9.90. The Morgan fingerprint density at radius 2 is 1.61 bits per heavy atom. The minimum atomic E-state index is -2.68. The molecule has 0 aromatic rings. The van der Waals surface area contributed by atoms with E-state index in [9.17, 15) is 9.90 Å². The van der Waals surface area contributed by atoms with Gasteiger partial charge in [0.05, 0.1) is 0 Å². The monoisotopic (exact) mass is 296 g/mol. The molecule has 0 aliphatic carbocycles. The maximum absolute atomic E-state index is 9.90. The van der Waals surface area contributed by atoms with Crippen molar-refractivity contribution in [2.45, 2.75) is 64.6 Å². The van der Waals surface area contributed by atoms with Crippen molar-refractivity contribution in [2.75, 3.05) is 6.61 Å². The second-order valence-corrected chi connectivity index (χ2v) is 12.4. The zero-order valence-electron chi connectivity index (χ0n) is 12.2. The molecule has 0 aliphatic heterocycles. The number of unbranched alkanes of at least 4 members (excludes halogenated alkanes) is 2. The Balaban J connectivity index is 4.50. The number of aliphatic hydroxyl groups is 2. The second kappa shape index (κ2) is 7.13. The third-order valence-corrected chi connectivity index (χ3v) is 8.14. The molecular weight excluding hydrogens is 268 g/mol. The third kappa shape index (κ3) is 10.2. The van der Waals surface area contributed by atoms with Crippen LogP contribution in [0.5, 0.6) is 0 Å². The van der Waals surface area contributed by atoms with Gasteiger partial charge < -0.3 is 23.5 Å². The van der Waals surface area contributed by atoms with Crippen molar-refractivity contribution < 1.29 is 23.5 Å². The number of hydrogen-bond acceptors (Lipinski definition) is 5. The van der Waals surface area contributed by atoms with E-state index < -0.39 is 22.9 Å². The van der Waals surface area contributed by atoms with E-state index in [1.165, 1.54) is 0 Å². The highest BCUT2D eigenvalue weighted by Crippen LogP contribution is 2.25. The van der Waals surface area contributed by atoms with E-state index in [4.69, 9.17) is 13.6 Å². The van der Waals surface area contributed by atoms with Gasteiger partial charge in [-0.1, -0.05) is 12.8 Å². The highest BCUT2D eigenvalue weighted by Gasteiger charge is 2.41. The largest absolute Gasteiger partial charge is 0.415 e. The summed E-state index contributed by atoms with van der Waals surface area (Å²) in [6.07, 6.45) is 2.52. The molecule has 0 fully saturated rings.